The highest BCUT2D eigenvalue weighted by Gasteiger charge is 2.26. The van der Waals surface area contributed by atoms with E-state index in [0.29, 0.717) is 5.69 Å². The normalized spacial score (nSPS) is 12.0. The fraction of sp³-hybridized carbons (Fsp3) is 0. The predicted octanol–water partition coefficient (Wildman–Crippen LogP) is 9.94. The van der Waals surface area contributed by atoms with E-state index in [2.05, 4.69) is 9.55 Å². The van der Waals surface area contributed by atoms with Gasteiger partial charge in [-0.15, -0.1) is 0 Å². The van der Waals surface area contributed by atoms with Gasteiger partial charge in [-0.1, -0.05) is 36.4 Å². The summed E-state index contributed by atoms with van der Waals surface area (Å²) in [6.07, 6.45) is 7.92. The fourth-order valence-corrected chi connectivity index (χ4v) is 6.91. The molecule has 0 unspecified atom stereocenters. The summed E-state index contributed by atoms with van der Waals surface area (Å²) < 4.78 is 2.14. The van der Waals surface area contributed by atoms with Gasteiger partial charge in [0.05, 0.1) is 33.8 Å². The topological polar surface area (TPSA) is 127 Å². The van der Waals surface area contributed by atoms with E-state index in [1.807, 2.05) is 103 Å². The van der Waals surface area contributed by atoms with Crippen LogP contribution in [0, 0.1) is 0 Å². The molecule has 2 aliphatic rings. The van der Waals surface area contributed by atoms with E-state index in [4.69, 9.17) is 9.97 Å². The first kappa shape index (κ1) is 30.7. The minimum Gasteiger partial charge on any atom is -0.508 e. The zero-order valence-corrected chi connectivity index (χ0v) is 27.6. The van der Waals surface area contributed by atoms with Gasteiger partial charge in [-0.05, 0) is 132 Å². The average Bonchev–Trinajstić information content (AvgIpc) is 3.95. The third-order valence-corrected chi connectivity index (χ3v) is 9.24. The van der Waals surface area contributed by atoms with E-state index in [1.54, 1.807) is 48.5 Å². The van der Waals surface area contributed by atoms with E-state index >= 15 is 0 Å². The SMILES string of the molecule is Oc1ccc(-c2c(-c3ccc(O)cc3)c3c(-c4ccc(O)cc4)c4nc(cc5ccc(cc6nc(cc2n3-c2ccc(O)cc2)C=C6)[nH]5)C=C4)cc1. The van der Waals surface area contributed by atoms with Crippen molar-refractivity contribution in [2.75, 3.05) is 0 Å². The molecule has 8 heteroatoms. The van der Waals surface area contributed by atoms with E-state index in [0.717, 1.165) is 78.2 Å². The van der Waals surface area contributed by atoms with Gasteiger partial charge in [0.1, 0.15) is 23.0 Å². The molecule has 0 saturated heterocycles. The molecule has 7 aromatic rings. The number of nitrogens with zero attached hydrogens (tertiary/aromatic N) is 3. The zero-order valence-electron chi connectivity index (χ0n) is 27.6. The summed E-state index contributed by atoms with van der Waals surface area (Å²) in [5.41, 5.74) is 11.9. The number of benzene rings is 4. The van der Waals surface area contributed by atoms with Gasteiger partial charge in [-0.2, -0.15) is 0 Å². The summed E-state index contributed by atoms with van der Waals surface area (Å²) in [6, 6.07) is 38.3. The molecule has 0 saturated carbocycles. The number of aromatic amines is 1. The van der Waals surface area contributed by atoms with Gasteiger partial charge >= 0.3 is 0 Å². The Morgan fingerprint density at radius 2 is 0.865 bits per heavy atom. The van der Waals surface area contributed by atoms with Crippen LogP contribution in [0.3, 0.4) is 0 Å². The second kappa shape index (κ2) is 12.2. The second-order valence-corrected chi connectivity index (χ2v) is 12.7. The molecule has 8 nitrogen and oxygen atoms in total. The maximum Gasteiger partial charge on any atom is 0.115 e. The smallest absolute Gasteiger partial charge is 0.115 e. The van der Waals surface area contributed by atoms with Crippen LogP contribution in [0.25, 0.3) is 85.4 Å². The van der Waals surface area contributed by atoms with E-state index < -0.39 is 0 Å². The number of aromatic hydroxyl groups is 4. The molecule has 0 radical (unpaired) electrons. The first-order chi connectivity index (χ1) is 25.4. The van der Waals surface area contributed by atoms with Crippen LogP contribution in [-0.4, -0.2) is 39.9 Å². The first-order valence-corrected chi connectivity index (χ1v) is 16.7. The number of rotatable bonds is 4. The van der Waals surface area contributed by atoms with Crippen molar-refractivity contribution in [1.82, 2.24) is 19.5 Å². The van der Waals surface area contributed by atoms with E-state index in [9.17, 15) is 20.4 Å². The van der Waals surface area contributed by atoms with Gasteiger partial charge in [0.2, 0.25) is 0 Å². The third-order valence-electron chi connectivity index (χ3n) is 9.24. The Morgan fingerprint density at radius 3 is 1.42 bits per heavy atom. The van der Waals surface area contributed by atoms with Crippen molar-refractivity contribution in [3.63, 3.8) is 0 Å². The molecule has 2 aliphatic heterocycles. The molecule has 52 heavy (non-hydrogen) atoms. The highest BCUT2D eigenvalue weighted by atomic mass is 16.3. The Balaban J connectivity index is 1.60. The highest BCUT2D eigenvalue weighted by molar-refractivity contribution is 6.10. The largest absolute Gasteiger partial charge is 0.508 e. The molecule has 9 rings (SSSR count). The molecule has 0 atom stereocenters. The van der Waals surface area contributed by atoms with Crippen molar-refractivity contribution in [3.8, 4) is 62.1 Å². The second-order valence-electron chi connectivity index (χ2n) is 12.7. The van der Waals surface area contributed by atoms with Crippen molar-refractivity contribution in [1.29, 1.82) is 0 Å². The Morgan fingerprint density at radius 1 is 0.423 bits per heavy atom. The van der Waals surface area contributed by atoms with Crippen molar-refractivity contribution >= 4 is 46.4 Å². The zero-order chi connectivity index (χ0) is 35.3. The fourth-order valence-electron chi connectivity index (χ4n) is 6.91. The van der Waals surface area contributed by atoms with Crippen molar-refractivity contribution in [2.45, 2.75) is 0 Å². The summed E-state index contributed by atoms with van der Waals surface area (Å²) >= 11 is 0. The van der Waals surface area contributed by atoms with E-state index in [-0.39, 0.29) is 23.0 Å². The maximum atomic E-state index is 10.4. The van der Waals surface area contributed by atoms with Crippen molar-refractivity contribution in [3.05, 3.63) is 150 Å². The summed E-state index contributed by atoms with van der Waals surface area (Å²) in [4.78, 5) is 13.6. The van der Waals surface area contributed by atoms with Crippen LogP contribution in [0.5, 0.6) is 23.0 Å². The third kappa shape index (κ3) is 5.54. The average molecular weight is 679 g/mol. The molecule has 4 aromatic carbocycles. The quantitative estimate of drug-likeness (QED) is 0.126. The molecule has 0 fully saturated rings. The summed E-state index contributed by atoms with van der Waals surface area (Å²) in [6.45, 7) is 0. The Bertz CT molecular complexity index is 2740. The number of H-pyrrole nitrogens is 1. The van der Waals surface area contributed by atoms with Crippen LogP contribution in [-0.2, 0) is 0 Å². The lowest BCUT2D eigenvalue weighted by molar-refractivity contribution is 0.475. The number of fused-ring (bicyclic) bond motifs is 8. The van der Waals surface area contributed by atoms with Crippen LogP contribution in [0.2, 0.25) is 0 Å². The minimum absolute atomic E-state index is 0.125. The number of hydrogen-bond donors (Lipinski definition) is 5. The van der Waals surface area contributed by atoms with Crippen molar-refractivity contribution < 1.29 is 20.4 Å². The maximum absolute atomic E-state index is 10.4. The molecule has 5 N–H and O–H groups in total. The first-order valence-electron chi connectivity index (χ1n) is 16.7. The molecular formula is C44H30N4O4. The van der Waals surface area contributed by atoms with Gasteiger partial charge in [0, 0.05) is 33.4 Å². The van der Waals surface area contributed by atoms with Gasteiger partial charge in [-0.3, -0.25) is 0 Å². The molecule has 250 valence electrons. The molecule has 5 heterocycles. The van der Waals surface area contributed by atoms with Crippen LogP contribution < -0.4 is 0 Å². The van der Waals surface area contributed by atoms with Gasteiger partial charge < -0.3 is 30.0 Å². The number of nitrogens with one attached hydrogen (secondary N) is 1. The summed E-state index contributed by atoms with van der Waals surface area (Å²) in [5.74, 6) is 0.520. The summed E-state index contributed by atoms with van der Waals surface area (Å²) in [5, 5.41) is 41.7. The van der Waals surface area contributed by atoms with E-state index in [1.165, 1.54) is 0 Å². The van der Waals surface area contributed by atoms with Crippen molar-refractivity contribution in [2.24, 2.45) is 0 Å². The lowest BCUT2D eigenvalue weighted by Gasteiger charge is -2.14. The number of hydrogen-bond acceptors (Lipinski definition) is 6. The molecular weight excluding hydrogens is 649 g/mol. The molecule has 0 aliphatic carbocycles. The number of phenols is 4. The molecule has 0 amide bonds. The molecule has 8 bridgehead atoms. The van der Waals surface area contributed by atoms with Crippen LogP contribution in [0.15, 0.2) is 127 Å². The minimum atomic E-state index is 0.125. The Labute approximate surface area is 297 Å². The van der Waals surface area contributed by atoms with Gasteiger partial charge in [0.25, 0.3) is 0 Å². The summed E-state index contributed by atoms with van der Waals surface area (Å²) in [7, 11) is 0. The number of phenolic OH excluding ortho intramolecular Hbond substituents is 4. The van der Waals surface area contributed by atoms with Gasteiger partial charge in [-0.25, -0.2) is 9.97 Å². The number of aromatic nitrogens is 4. The highest BCUT2D eigenvalue weighted by Crippen LogP contribution is 2.47. The van der Waals surface area contributed by atoms with Gasteiger partial charge in [0.15, 0.2) is 0 Å². The van der Waals surface area contributed by atoms with Crippen LogP contribution in [0.1, 0.15) is 22.8 Å². The lowest BCUT2D eigenvalue weighted by Crippen LogP contribution is -1.97. The predicted molar refractivity (Wildman–Crippen MR) is 207 cm³/mol. The molecule has 0 spiro atoms. The Hall–Kier alpha value is -7.32. The monoisotopic (exact) mass is 678 g/mol. The standard InChI is InChI=1S/C44H30N4O4/c49-35-14-1-26(2-15-35)41-39-22-11-32(47-39)24-31-8-7-29(45-31)23-30-9-10-33(46-30)25-40-42(27-3-16-36(50)17-4-27)43(28-5-18-37(51)19-6-28)44(41)48(40)34-12-20-38(52)21-13-34/h1-25,45,49-52H. The van der Waals surface area contributed by atoms with Crippen LogP contribution in [0.4, 0.5) is 0 Å². The lowest BCUT2D eigenvalue weighted by atomic mass is 9.93. The van der Waals surface area contributed by atoms with Crippen LogP contribution >= 0.6 is 0 Å². The molecule has 3 aromatic heterocycles. The Kier molecular flexibility index (Phi) is 7.22.